The molecule has 1 N–H and O–H groups in total. The van der Waals surface area contributed by atoms with Crippen LogP contribution in [0.2, 0.25) is 10.0 Å². The third-order valence-electron chi connectivity index (χ3n) is 6.34. The van der Waals surface area contributed by atoms with Crippen molar-refractivity contribution in [2.75, 3.05) is 0 Å². The van der Waals surface area contributed by atoms with Crippen molar-refractivity contribution in [3.63, 3.8) is 0 Å². The van der Waals surface area contributed by atoms with E-state index in [1.54, 1.807) is 0 Å². The fourth-order valence-corrected chi connectivity index (χ4v) is 5.36. The highest BCUT2D eigenvalue weighted by Crippen LogP contribution is 2.47. The normalized spacial score (nSPS) is 28.2. The monoisotopic (exact) mass is 420 g/mol. The van der Waals surface area contributed by atoms with Crippen molar-refractivity contribution >= 4 is 28.9 Å². The van der Waals surface area contributed by atoms with Gasteiger partial charge >= 0.3 is 0 Å². The Morgan fingerprint density at radius 2 is 1.71 bits per heavy atom. The first-order chi connectivity index (χ1) is 13.7. The van der Waals surface area contributed by atoms with Gasteiger partial charge in [-0.3, -0.25) is 0 Å². The van der Waals surface area contributed by atoms with Crippen molar-refractivity contribution in [3.8, 4) is 11.3 Å². The number of nitrogens with zero attached hydrogens (tertiary/aromatic N) is 2. The van der Waals surface area contributed by atoms with Crippen LogP contribution in [0.15, 0.2) is 27.9 Å². The number of oxime groups is 1. The molecule has 3 aliphatic carbocycles. The Labute approximate surface area is 173 Å². The van der Waals surface area contributed by atoms with Gasteiger partial charge in [-0.2, -0.15) is 0 Å². The maximum Gasteiger partial charge on any atom is 0.145 e. The predicted octanol–water partition coefficient (Wildman–Crippen LogP) is 6.06. The van der Waals surface area contributed by atoms with Crippen LogP contribution < -0.4 is 0 Å². The summed E-state index contributed by atoms with van der Waals surface area (Å²) in [6.45, 7) is 0.432. The van der Waals surface area contributed by atoms with Crippen LogP contribution in [0.3, 0.4) is 0 Å². The van der Waals surface area contributed by atoms with E-state index in [4.69, 9.17) is 32.5 Å². The summed E-state index contributed by atoms with van der Waals surface area (Å²) in [5.41, 5.74) is 3.32. The highest BCUT2D eigenvalue weighted by molar-refractivity contribution is 6.39. The molecule has 7 heteroatoms. The van der Waals surface area contributed by atoms with Gasteiger partial charge in [0.1, 0.15) is 11.5 Å². The molecule has 3 atom stereocenters. The van der Waals surface area contributed by atoms with Crippen molar-refractivity contribution in [3.05, 3.63) is 39.6 Å². The molecular weight excluding hydrogens is 399 g/mol. The molecule has 1 unspecified atom stereocenters. The molecule has 0 radical (unpaired) electrons. The molecular formula is C21H22Cl2N2O3. The van der Waals surface area contributed by atoms with Crippen LogP contribution in [0.4, 0.5) is 0 Å². The Morgan fingerprint density at radius 3 is 2.32 bits per heavy atom. The van der Waals surface area contributed by atoms with Crippen molar-refractivity contribution in [1.82, 2.24) is 5.16 Å². The standard InChI is InChI=1S/C21H22Cl2N2O3/c22-16-2-1-3-17(23)18(16)20-15(21(28-25-20)11-4-5-11)10-27-14-8-12-6-7-13(9-14)19(12)24-26/h1-3,11-14,26H,4-10H2/b24-19-/t12-,13+,14?/m0/s1. The summed E-state index contributed by atoms with van der Waals surface area (Å²) in [6, 6.07) is 5.45. The smallest absolute Gasteiger partial charge is 0.145 e. The van der Waals surface area contributed by atoms with Crippen LogP contribution in [0.5, 0.6) is 0 Å². The first kappa shape index (κ1) is 18.5. The van der Waals surface area contributed by atoms with Gasteiger partial charge in [0.25, 0.3) is 0 Å². The second kappa shape index (κ2) is 7.36. The summed E-state index contributed by atoms with van der Waals surface area (Å²) in [7, 11) is 0. The number of fused-ring (bicyclic) bond motifs is 2. The Bertz CT molecular complexity index is 886. The molecule has 3 aliphatic rings. The predicted molar refractivity (Wildman–Crippen MR) is 107 cm³/mol. The lowest BCUT2D eigenvalue weighted by atomic mass is 9.85. The number of rotatable bonds is 5. The number of benzene rings is 1. The average molecular weight is 421 g/mol. The average Bonchev–Trinajstić information content (AvgIpc) is 3.39. The summed E-state index contributed by atoms with van der Waals surface area (Å²) in [5.74, 6) is 2.01. The zero-order valence-electron chi connectivity index (χ0n) is 15.4. The highest BCUT2D eigenvalue weighted by atomic mass is 35.5. The van der Waals surface area contributed by atoms with Crippen molar-refractivity contribution in [1.29, 1.82) is 0 Å². The quantitative estimate of drug-likeness (QED) is 0.471. The Hall–Kier alpha value is -1.56. The Balaban J connectivity index is 1.40. The SMILES string of the molecule is O/N=C1\[C@@H]2CC[C@H]1CC(OCc1c(-c3c(Cl)cccc3Cl)noc1C1CC1)C2. The zero-order valence-corrected chi connectivity index (χ0v) is 16.9. The minimum absolute atomic E-state index is 0.152. The van der Waals surface area contributed by atoms with Crippen molar-refractivity contribution < 1.29 is 14.5 Å². The number of ether oxygens (including phenoxy) is 1. The fourth-order valence-electron chi connectivity index (χ4n) is 4.79. The van der Waals surface area contributed by atoms with Crippen LogP contribution in [0, 0.1) is 11.8 Å². The van der Waals surface area contributed by atoms with Crippen molar-refractivity contribution in [2.24, 2.45) is 17.0 Å². The van der Waals surface area contributed by atoms with Gasteiger partial charge < -0.3 is 14.5 Å². The lowest BCUT2D eigenvalue weighted by Gasteiger charge is -2.28. The molecule has 1 heterocycles. The molecule has 5 rings (SSSR count). The van der Waals surface area contributed by atoms with Gasteiger partial charge in [-0.1, -0.05) is 39.6 Å². The van der Waals surface area contributed by atoms with Gasteiger partial charge in [-0.05, 0) is 50.7 Å². The van der Waals surface area contributed by atoms with E-state index in [9.17, 15) is 5.21 Å². The second-order valence-electron chi connectivity index (χ2n) is 8.15. The molecule has 28 heavy (non-hydrogen) atoms. The maximum atomic E-state index is 9.26. The van der Waals surface area contributed by atoms with Crippen LogP contribution in [0.25, 0.3) is 11.3 Å². The van der Waals surface area contributed by atoms with Crippen LogP contribution >= 0.6 is 23.2 Å². The fraction of sp³-hybridized carbons (Fsp3) is 0.524. The summed E-state index contributed by atoms with van der Waals surface area (Å²) < 4.78 is 12.1. The molecule has 3 saturated carbocycles. The molecule has 1 aromatic carbocycles. The number of halogens is 2. The Kier molecular flexibility index (Phi) is 4.85. The van der Waals surface area contributed by atoms with E-state index in [1.807, 2.05) is 18.2 Å². The van der Waals surface area contributed by atoms with Crippen LogP contribution in [-0.2, 0) is 11.3 Å². The second-order valence-corrected chi connectivity index (χ2v) is 8.96. The van der Waals surface area contributed by atoms with Crippen LogP contribution in [0.1, 0.15) is 55.8 Å². The van der Waals surface area contributed by atoms with Crippen molar-refractivity contribution in [2.45, 2.75) is 57.2 Å². The van der Waals surface area contributed by atoms with E-state index in [1.165, 1.54) is 0 Å². The molecule has 148 valence electrons. The molecule has 0 saturated heterocycles. The molecule has 1 aromatic heterocycles. The van der Waals surface area contributed by atoms with E-state index in [-0.39, 0.29) is 6.10 Å². The summed E-state index contributed by atoms with van der Waals surface area (Å²) in [5, 5.41) is 18.2. The van der Waals surface area contributed by atoms with Gasteiger partial charge in [0.15, 0.2) is 0 Å². The molecule has 2 aromatic rings. The van der Waals surface area contributed by atoms with Gasteiger partial charge in [0, 0.05) is 28.9 Å². The van der Waals surface area contributed by atoms with Gasteiger partial charge in [-0.25, -0.2) is 0 Å². The highest BCUT2D eigenvalue weighted by Gasteiger charge is 2.41. The van der Waals surface area contributed by atoms with E-state index >= 15 is 0 Å². The third kappa shape index (κ3) is 3.23. The molecule has 0 spiro atoms. The van der Waals surface area contributed by atoms with Gasteiger partial charge in [0.2, 0.25) is 0 Å². The summed E-state index contributed by atoms with van der Waals surface area (Å²) in [4.78, 5) is 0. The summed E-state index contributed by atoms with van der Waals surface area (Å²) in [6.07, 6.45) is 6.36. The third-order valence-corrected chi connectivity index (χ3v) is 6.97. The largest absolute Gasteiger partial charge is 0.411 e. The number of aromatic nitrogens is 1. The Morgan fingerprint density at radius 1 is 1.07 bits per heavy atom. The minimum Gasteiger partial charge on any atom is -0.411 e. The van der Waals surface area contributed by atoms with E-state index in [2.05, 4.69) is 10.3 Å². The van der Waals surface area contributed by atoms with E-state index in [0.717, 1.165) is 55.6 Å². The molecule has 2 bridgehead atoms. The summed E-state index contributed by atoms with van der Waals surface area (Å²) >= 11 is 12.8. The zero-order chi connectivity index (χ0) is 19.3. The van der Waals surface area contributed by atoms with Gasteiger partial charge in [0.05, 0.1) is 28.5 Å². The molecule has 0 aliphatic heterocycles. The van der Waals surface area contributed by atoms with Gasteiger partial charge in [-0.15, -0.1) is 0 Å². The number of hydrogen-bond donors (Lipinski definition) is 1. The molecule has 5 nitrogen and oxygen atoms in total. The minimum atomic E-state index is 0.152. The first-order valence-electron chi connectivity index (χ1n) is 9.92. The topological polar surface area (TPSA) is 67.9 Å². The molecule has 3 fully saturated rings. The number of hydrogen-bond acceptors (Lipinski definition) is 5. The first-order valence-corrected chi connectivity index (χ1v) is 10.7. The molecule has 0 amide bonds. The lowest BCUT2D eigenvalue weighted by molar-refractivity contribution is 0.0168. The van der Waals surface area contributed by atoms with E-state index < -0.39 is 0 Å². The van der Waals surface area contributed by atoms with Crippen LogP contribution in [-0.4, -0.2) is 22.2 Å². The van der Waals surface area contributed by atoms with E-state index in [0.29, 0.717) is 45.7 Å². The lowest BCUT2D eigenvalue weighted by Crippen LogP contribution is -2.31. The maximum absolute atomic E-state index is 9.26.